The van der Waals surface area contributed by atoms with Crippen molar-refractivity contribution in [1.29, 1.82) is 0 Å². The minimum absolute atomic E-state index is 0.286. The highest BCUT2D eigenvalue weighted by atomic mass is 16.5. The zero-order valence-electron chi connectivity index (χ0n) is 11.2. The fourth-order valence-electron chi connectivity index (χ4n) is 2.31. The number of nitrogens with zero attached hydrogens (tertiary/aromatic N) is 1. The summed E-state index contributed by atoms with van der Waals surface area (Å²) in [5.74, 6) is -0.286. The molecule has 3 nitrogen and oxygen atoms in total. The van der Waals surface area contributed by atoms with Gasteiger partial charge in [-0.25, -0.2) is 4.79 Å². The number of rotatable bonds is 3. The van der Waals surface area contributed by atoms with Crippen molar-refractivity contribution in [2.24, 2.45) is 7.05 Å². The average Bonchev–Trinajstić information content (AvgIpc) is 2.84. The van der Waals surface area contributed by atoms with Crippen LogP contribution in [0.2, 0.25) is 0 Å². The summed E-state index contributed by atoms with van der Waals surface area (Å²) in [7, 11) is 1.93. The minimum Gasteiger partial charge on any atom is -0.457 e. The lowest BCUT2D eigenvalue weighted by Crippen LogP contribution is -2.04. The second-order valence-corrected chi connectivity index (χ2v) is 4.73. The number of ether oxygens (including phenoxy) is 1. The van der Waals surface area contributed by atoms with Gasteiger partial charge in [0.05, 0.1) is 5.56 Å². The molecule has 0 fully saturated rings. The van der Waals surface area contributed by atoms with Gasteiger partial charge < -0.3 is 9.30 Å². The molecule has 100 valence electrons. The average molecular weight is 265 g/mol. The predicted molar refractivity (Wildman–Crippen MR) is 78.5 cm³/mol. The van der Waals surface area contributed by atoms with Crippen molar-refractivity contribution >= 4 is 16.9 Å². The SMILES string of the molecule is Cn1cc(C(=O)OCc2ccccc2)c2ccccc21. The zero-order chi connectivity index (χ0) is 13.9. The highest BCUT2D eigenvalue weighted by molar-refractivity contribution is 6.04. The quantitative estimate of drug-likeness (QED) is 0.678. The van der Waals surface area contributed by atoms with Gasteiger partial charge in [-0.1, -0.05) is 48.5 Å². The Labute approximate surface area is 117 Å². The summed E-state index contributed by atoms with van der Waals surface area (Å²) in [6.45, 7) is 0.295. The summed E-state index contributed by atoms with van der Waals surface area (Å²) in [6.07, 6.45) is 1.82. The molecular formula is C17H15NO2. The molecule has 1 heterocycles. The summed E-state index contributed by atoms with van der Waals surface area (Å²) in [5.41, 5.74) is 2.62. The standard InChI is InChI=1S/C17H15NO2/c1-18-11-15(14-9-5-6-10-16(14)18)17(19)20-12-13-7-3-2-4-8-13/h2-11H,12H2,1H3. The van der Waals surface area contributed by atoms with Crippen LogP contribution in [0.25, 0.3) is 10.9 Å². The van der Waals surface area contributed by atoms with Crippen molar-refractivity contribution in [3.05, 3.63) is 71.9 Å². The number of hydrogen-bond donors (Lipinski definition) is 0. The van der Waals surface area contributed by atoms with E-state index < -0.39 is 0 Å². The molecule has 0 saturated carbocycles. The lowest BCUT2D eigenvalue weighted by Gasteiger charge is -2.03. The van der Waals surface area contributed by atoms with Gasteiger partial charge in [-0.05, 0) is 11.6 Å². The van der Waals surface area contributed by atoms with Crippen LogP contribution in [0.1, 0.15) is 15.9 Å². The van der Waals surface area contributed by atoms with Crippen LogP contribution >= 0.6 is 0 Å². The number of aryl methyl sites for hydroxylation is 1. The van der Waals surface area contributed by atoms with Crippen molar-refractivity contribution in [3.8, 4) is 0 Å². The highest BCUT2D eigenvalue weighted by Crippen LogP contribution is 2.21. The van der Waals surface area contributed by atoms with Crippen LogP contribution < -0.4 is 0 Å². The lowest BCUT2D eigenvalue weighted by atomic mass is 10.2. The molecule has 3 aromatic rings. The number of benzene rings is 2. The number of fused-ring (bicyclic) bond motifs is 1. The molecule has 3 heteroatoms. The van der Waals surface area contributed by atoms with Crippen LogP contribution in [0.15, 0.2) is 60.8 Å². The van der Waals surface area contributed by atoms with Crippen LogP contribution in [0.3, 0.4) is 0 Å². The molecule has 0 N–H and O–H groups in total. The van der Waals surface area contributed by atoms with Crippen molar-refractivity contribution in [2.45, 2.75) is 6.61 Å². The highest BCUT2D eigenvalue weighted by Gasteiger charge is 2.14. The maximum Gasteiger partial charge on any atom is 0.340 e. The van der Waals surface area contributed by atoms with Gasteiger partial charge in [-0.3, -0.25) is 0 Å². The summed E-state index contributed by atoms with van der Waals surface area (Å²) >= 11 is 0. The molecule has 20 heavy (non-hydrogen) atoms. The molecule has 0 bridgehead atoms. The van der Waals surface area contributed by atoms with Gasteiger partial charge in [-0.2, -0.15) is 0 Å². The molecule has 1 aromatic heterocycles. The number of aromatic nitrogens is 1. The maximum atomic E-state index is 12.2. The molecule has 0 radical (unpaired) electrons. The van der Waals surface area contributed by atoms with Crippen LogP contribution in [-0.4, -0.2) is 10.5 Å². The first-order chi connectivity index (χ1) is 9.75. The molecule has 0 spiro atoms. The van der Waals surface area contributed by atoms with Crippen LogP contribution in [-0.2, 0) is 18.4 Å². The largest absolute Gasteiger partial charge is 0.457 e. The van der Waals surface area contributed by atoms with E-state index in [1.54, 1.807) is 0 Å². The minimum atomic E-state index is -0.286. The number of carbonyl (C=O) groups excluding carboxylic acids is 1. The van der Waals surface area contributed by atoms with Crippen LogP contribution in [0, 0.1) is 0 Å². The molecule has 0 atom stereocenters. The Morgan fingerprint density at radius 3 is 2.55 bits per heavy atom. The van der Waals surface area contributed by atoms with Crippen molar-refractivity contribution in [1.82, 2.24) is 4.57 Å². The third-order valence-electron chi connectivity index (χ3n) is 3.33. The van der Waals surface area contributed by atoms with Gasteiger partial charge >= 0.3 is 5.97 Å². The van der Waals surface area contributed by atoms with E-state index >= 15 is 0 Å². The van der Waals surface area contributed by atoms with E-state index in [0.29, 0.717) is 12.2 Å². The van der Waals surface area contributed by atoms with E-state index in [1.165, 1.54) is 0 Å². The maximum absolute atomic E-state index is 12.2. The molecule has 0 aliphatic carbocycles. The number of hydrogen-bond acceptors (Lipinski definition) is 2. The van der Waals surface area contributed by atoms with Gasteiger partial charge in [0, 0.05) is 24.1 Å². The Hall–Kier alpha value is -2.55. The first-order valence-corrected chi connectivity index (χ1v) is 6.51. The van der Waals surface area contributed by atoms with E-state index in [2.05, 4.69) is 0 Å². The molecule has 0 unspecified atom stereocenters. The molecular weight excluding hydrogens is 250 g/mol. The monoisotopic (exact) mass is 265 g/mol. The van der Waals surface area contributed by atoms with E-state index in [9.17, 15) is 4.79 Å². The van der Waals surface area contributed by atoms with Gasteiger partial charge in [-0.15, -0.1) is 0 Å². The third-order valence-corrected chi connectivity index (χ3v) is 3.33. The summed E-state index contributed by atoms with van der Waals surface area (Å²) in [4.78, 5) is 12.2. The second kappa shape index (κ2) is 5.21. The topological polar surface area (TPSA) is 31.2 Å². The third kappa shape index (κ3) is 2.30. The van der Waals surface area contributed by atoms with Gasteiger partial charge in [0.1, 0.15) is 6.61 Å². The van der Waals surface area contributed by atoms with Crippen molar-refractivity contribution in [3.63, 3.8) is 0 Å². The second-order valence-electron chi connectivity index (χ2n) is 4.73. The van der Waals surface area contributed by atoms with Crippen molar-refractivity contribution in [2.75, 3.05) is 0 Å². The molecule has 0 saturated heterocycles. The normalized spacial score (nSPS) is 10.7. The molecule has 0 amide bonds. The number of para-hydroxylation sites is 1. The van der Waals surface area contributed by atoms with E-state index in [-0.39, 0.29) is 5.97 Å². The Morgan fingerprint density at radius 2 is 1.75 bits per heavy atom. The predicted octanol–water partition coefficient (Wildman–Crippen LogP) is 3.54. The first-order valence-electron chi connectivity index (χ1n) is 6.51. The van der Waals surface area contributed by atoms with E-state index in [4.69, 9.17) is 4.74 Å². The zero-order valence-corrected chi connectivity index (χ0v) is 11.2. The fraction of sp³-hybridized carbons (Fsp3) is 0.118. The van der Waals surface area contributed by atoms with Gasteiger partial charge in [0.15, 0.2) is 0 Å². The van der Waals surface area contributed by atoms with E-state index in [0.717, 1.165) is 16.5 Å². The Kier molecular flexibility index (Phi) is 3.25. The molecule has 3 rings (SSSR count). The number of esters is 1. The molecule has 0 aliphatic heterocycles. The van der Waals surface area contributed by atoms with E-state index in [1.807, 2.05) is 72.4 Å². The Balaban J connectivity index is 1.83. The smallest absolute Gasteiger partial charge is 0.340 e. The van der Waals surface area contributed by atoms with Gasteiger partial charge in [0.25, 0.3) is 0 Å². The summed E-state index contributed by atoms with van der Waals surface area (Å²) in [5, 5.41) is 0.924. The first kappa shape index (κ1) is 12.5. The Bertz CT molecular complexity index is 744. The van der Waals surface area contributed by atoms with Crippen LogP contribution in [0.4, 0.5) is 0 Å². The summed E-state index contributed by atoms with van der Waals surface area (Å²) in [6, 6.07) is 17.5. The molecule has 2 aromatic carbocycles. The van der Waals surface area contributed by atoms with Crippen LogP contribution in [0.5, 0.6) is 0 Å². The summed E-state index contributed by atoms with van der Waals surface area (Å²) < 4.78 is 7.32. The lowest BCUT2D eigenvalue weighted by molar-refractivity contribution is 0.0475. The molecule has 0 aliphatic rings. The number of carbonyl (C=O) groups is 1. The fourth-order valence-corrected chi connectivity index (χ4v) is 2.31. The van der Waals surface area contributed by atoms with Gasteiger partial charge in [0.2, 0.25) is 0 Å². The Morgan fingerprint density at radius 1 is 1.05 bits per heavy atom. The van der Waals surface area contributed by atoms with Crippen molar-refractivity contribution < 1.29 is 9.53 Å².